The number of para-hydroxylation sites is 1. The van der Waals surface area contributed by atoms with Gasteiger partial charge in [-0.15, -0.1) is 11.3 Å². The monoisotopic (exact) mass is 475 g/mol. The van der Waals surface area contributed by atoms with Crippen molar-refractivity contribution in [3.05, 3.63) is 105 Å². The van der Waals surface area contributed by atoms with Crippen LogP contribution in [0.15, 0.2) is 83.4 Å². The molecule has 0 spiro atoms. The Labute approximate surface area is 198 Å². The summed E-state index contributed by atoms with van der Waals surface area (Å²) in [6.07, 6.45) is 4.87. The van der Waals surface area contributed by atoms with E-state index in [2.05, 4.69) is 4.98 Å². The lowest BCUT2D eigenvalue weighted by Crippen LogP contribution is -2.32. The van der Waals surface area contributed by atoms with Crippen molar-refractivity contribution in [1.82, 2.24) is 24.1 Å². The summed E-state index contributed by atoms with van der Waals surface area (Å²) >= 11 is 7.41. The molecular weight excluding hydrogens is 458 g/mol. The standard InChI is InChI=1S/C24H18ClN5O2S/c1-28(22(31)20-13-26-24-29(23(20)32)11-12-33-24)14-17-15-30(19-5-3-2-4-6-19)27-21(17)16-7-9-18(25)10-8-16/h2-13,15H,14H2,1H3. The minimum absolute atomic E-state index is 0.0249. The number of rotatable bonds is 5. The highest BCUT2D eigenvalue weighted by Gasteiger charge is 2.21. The maximum atomic E-state index is 13.1. The predicted octanol–water partition coefficient (Wildman–Crippen LogP) is 4.53. The second kappa shape index (κ2) is 8.65. The van der Waals surface area contributed by atoms with E-state index in [1.807, 2.05) is 48.7 Å². The van der Waals surface area contributed by atoms with E-state index in [1.54, 1.807) is 35.4 Å². The molecule has 0 atom stereocenters. The molecule has 3 aromatic heterocycles. The third-order valence-electron chi connectivity index (χ3n) is 5.26. The zero-order chi connectivity index (χ0) is 22.9. The highest BCUT2D eigenvalue weighted by atomic mass is 35.5. The van der Waals surface area contributed by atoms with Crippen molar-refractivity contribution in [3.8, 4) is 16.9 Å². The average molecular weight is 476 g/mol. The van der Waals surface area contributed by atoms with Gasteiger partial charge in [-0.1, -0.05) is 41.9 Å². The minimum atomic E-state index is -0.400. The summed E-state index contributed by atoms with van der Waals surface area (Å²) in [4.78, 5) is 32.2. The molecule has 0 saturated heterocycles. The van der Waals surface area contributed by atoms with Crippen molar-refractivity contribution in [2.75, 3.05) is 7.05 Å². The summed E-state index contributed by atoms with van der Waals surface area (Å²) in [5.41, 5.74) is 3.00. The lowest BCUT2D eigenvalue weighted by atomic mass is 10.1. The van der Waals surface area contributed by atoms with E-state index in [1.165, 1.54) is 26.8 Å². The molecule has 7 nitrogen and oxygen atoms in total. The molecular formula is C24H18ClN5O2S. The molecule has 0 fully saturated rings. The van der Waals surface area contributed by atoms with Gasteiger partial charge >= 0.3 is 0 Å². The first kappa shape index (κ1) is 21.1. The number of hydrogen-bond acceptors (Lipinski definition) is 5. The molecule has 5 aromatic rings. The number of hydrogen-bond donors (Lipinski definition) is 0. The first-order valence-electron chi connectivity index (χ1n) is 10.1. The molecule has 0 aliphatic rings. The van der Waals surface area contributed by atoms with E-state index in [9.17, 15) is 9.59 Å². The zero-order valence-corrected chi connectivity index (χ0v) is 19.1. The van der Waals surface area contributed by atoms with Crippen LogP contribution in [-0.2, 0) is 6.54 Å². The van der Waals surface area contributed by atoms with Crippen molar-refractivity contribution < 1.29 is 4.79 Å². The molecule has 3 heterocycles. The van der Waals surface area contributed by atoms with E-state index >= 15 is 0 Å². The van der Waals surface area contributed by atoms with Crippen LogP contribution in [0.1, 0.15) is 15.9 Å². The summed E-state index contributed by atoms with van der Waals surface area (Å²) in [5, 5.41) is 7.17. The SMILES string of the molecule is CN(Cc1cn(-c2ccccc2)nc1-c1ccc(Cl)cc1)C(=O)c1cnc2sccn2c1=O. The van der Waals surface area contributed by atoms with E-state index in [0.29, 0.717) is 9.98 Å². The Morgan fingerprint density at radius 3 is 2.64 bits per heavy atom. The fraction of sp³-hybridized carbons (Fsp3) is 0.0833. The Morgan fingerprint density at radius 1 is 1.12 bits per heavy atom. The van der Waals surface area contributed by atoms with E-state index < -0.39 is 5.91 Å². The Morgan fingerprint density at radius 2 is 1.88 bits per heavy atom. The van der Waals surface area contributed by atoms with E-state index in [4.69, 9.17) is 16.7 Å². The molecule has 0 aliphatic heterocycles. The summed E-state index contributed by atoms with van der Waals surface area (Å²) in [6.45, 7) is 0.259. The van der Waals surface area contributed by atoms with Crippen molar-refractivity contribution in [3.63, 3.8) is 0 Å². The van der Waals surface area contributed by atoms with Gasteiger partial charge in [0, 0.05) is 53.7 Å². The molecule has 1 amide bonds. The van der Waals surface area contributed by atoms with Crippen LogP contribution in [0.4, 0.5) is 0 Å². The van der Waals surface area contributed by atoms with Gasteiger partial charge in [-0.25, -0.2) is 9.67 Å². The molecule has 9 heteroatoms. The summed E-state index contributed by atoms with van der Waals surface area (Å²) in [7, 11) is 1.66. The van der Waals surface area contributed by atoms with Gasteiger partial charge in [0.15, 0.2) is 4.96 Å². The second-order valence-electron chi connectivity index (χ2n) is 7.48. The molecule has 0 unspecified atom stereocenters. The lowest BCUT2D eigenvalue weighted by molar-refractivity contribution is 0.0783. The van der Waals surface area contributed by atoms with Gasteiger partial charge in [0.1, 0.15) is 5.56 Å². The van der Waals surface area contributed by atoms with Crippen molar-refractivity contribution in [2.45, 2.75) is 6.54 Å². The van der Waals surface area contributed by atoms with Gasteiger partial charge < -0.3 is 4.90 Å². The molecule has 0 saturated carbocycles. The van der Waals surface area contributed by atoms with Crippen LogP contribution in [0.2, 0.25) is 5.02 Å². The number of fused-ring (bicyclic) bond motifs is 1. The number of halogens is 1. The number of amides is 1. The highest BCUT2D eigenvalue weighted by Crippen LogP contribution is 2.26. The smallest absolute Gasteiger partial charge is 0.271 e. The van der Waals surface area contributed by atoms with Crippen LogP contribution in [0.5, 0.6) is 0 Å². The van der Waals surface area contributed by atoms with E-state index in [0.717, 1.165) is 22.5 Å². The van der Waals surface area contributed by atoms with Gasteiger partial charge in [0.2, 0.25) is 0 Å². The number of carbonyl (C=O) groups is 1. The Balaban J connectivity index is 1.51. The Kier molecular flexibility index (Phi) is 5.53. The molecule has 0 bridgehead atoms. The Bertz CT molecular complexity index is 1510. The van der Waals surface area contributed by atoms with Crippen molar-refractivity contribution in [1.29, 1.82) is 0 Å². The number of carbonyl (C=O) groups excluding carboxylic acids is 1. The van der Waals surface area contributed by atoms with Crippen molar-refractivity contribution in [2.24, 2.45) is 0 Å². The topological polar surface area (TPSA) is 72.5 Å². The molecule has 33 heavy (non-hydrogen) atoms. The third-order valence-corrected chi connectivity index (χ3v) is 6.28. The summed E-state index contributed by atoms with van der Waals surface area (Å²) in [6, 6.07) is 17.1. The third kappa shape index (κ3) is 4.06. The molecule has 0 N–H and O–H groups in total. The quantitative estimate of drug-likeness (QED) is 0.374. The minimum Gasteiger partial charge on any atom is -0.337 e. The molecule has 2 aromatic carbocycles. The summed E-state index contributed by atoms with van der Waals surface area (Å²) in [5.74, 6) is -0.400. The fourth-order valence-corrected chi connectivity index (χ4v) is 4.39. The first-order chi connectivity index (χ1) is 16.0. The largest absolute Gasteiger partial charge is 0.337 e. The van der Waals surface area contributed by atoms with Crippen LogP contribution in [0, 0.1) is 0 Å². The summed E-state index contributed by atoms with van der Waals surface area (Å²) < 4.78 is 3.17. The van der Waals surface area contributed by atoms with Gasteiger partial charge in [-0.05, 0) is 24.3 Å². The number of thiazole rings is 1. The average Bonchev–Trinajstić information content (AvgIpc) is 3.48. The number of nitrogens with zero attached hydrogens (tertiary/aromatic N) is 5. The van der Waals surface area contributed by atoms with Crippen LogP contribution in [0.25, 0.3) is 21.9 Å². The zero-order valence-electron chi connectivity index (χ0n) is 17.6. The number of benzene rings is 2. The van der Waals surface area contributed by atoms with Gasteiger partial charge in [-0.3, -0.25) is 14.0 Å². The van der Waals surface area contributed by atoms with Crippen LogP contribution >= 0.6 is 22.9 Å². The van der Waals surface area contributed by atoms with E-state index in [-0.39, 0.29) is 17.7 Å². The number of aromatic nitrogens is 4. The maximum absolute atomic E-state index is 13.1. The lowest BCUT2D eigenvalue weighted by Gasteiger charge is -2.16. The molecule has 164 valence electrons. The predicted molar refractivity (Wildman–Crippen MR) is 129 cm³/mol. The second-order valence-corrected chi connectivity index (χ2v) is 8.79. The first-order valence-corrected chi connectivity index (χ1v) is 11.4. The fourth-order valence-electron chi connectivity index (χ4n) is 3.59. The Hall–Kier alpha value is -3.75. The van der Waals surface area contributed by atoms with Crippen LogP contribution < -0.4 is 5.56 Å². The molecule has 0 radical (unpaired) electrons. The molecule has 0 aliphatic carbocycles. The van der Waals surface area contributed by atoms with Gasteiger partial charge in [0.05, 0.1) is 11.4 Å². The maximum Gasteiger partial charge on any atom is 0.271 e. The van der Waals surface area contributed by atoms with Gasteiger partial charge in [0.25, 0.3) is 11.5 Å². The molecule has 5 rings (SSSR count). The van der Waals surface area contributed by atoms with Crippen LogP contribution in [0.3, 0.4) is 0 Å². The highest BCUT2D eigenvalue weighted by molar-refractivity contribution is 7.15. The van der Waals surface area contributed by atoms with Crippen molar-refractivity contribution >= 4 is 33.8 Å². The van der Waals surface area contributed by atoms with Gasteiger partial charge in [-0.2, -0.15) is 5.10 Å². The van der Waals surface area contributed by atoms with Crippen LogP contribution in [-0.4, -0.2) is 37.0 Å². The normalized spacial score (nSPS) is 11.1.